The molecular formula is C14H12BrN3. The van der Waals surface area contributed by atoms with E-state index in [0.717, 1.165) is 27.6 Å². The fourth-order valence-corrected chi connectivity index (χ4v) is 2.80. The molecule has 3 aromatic rings. The largest absolute Gasteiger partial charge is 0.261 e. The Bertz CT molecular complexity index is 689. The van der Waals surface area contributed by atoms with Crippen molar-refractivity contribution in [2.75, 3.05) is 0 Å². The number of fused-ring (bicyclic) bond motifs is 1. The Morgan fingerprint density at radius 2 is 2.00 bits per heavy atom. The average molecular weight is 302 g/mol. The molecule has 1 N–H and O–H groups in total. The number of aromatic nitrogens is 3. The van der Waals surface area contributed by atoms with E-state index in [0.29, 0.717) is 0 Å². The zero-order valence-electron chi connectivity index (χ0n) is 9.94. The highest BCUT2D eigenvalue weighted by Crippen LogP contribution is 2.29. The van der Waals surface area contributed by atoms with Gasteiger partial charge in [0.25, 0.3) is 0 Å². The van der Waals surface area contributed by atoms with Crippen LogP contribution in [-0.2, 0) is 6.42 Å². The van der Waals surface area contributed by atoms with Crippen molar-refractivity contribution in [2.45, 2.75) is 13.3 Å². The predicted octanol–water partition coefficient (Wildman–Crippen LogP) is 3.62. The van der Waals surface area contributed by atoms with Gasteiger partial charge in [-0.2, -0.15) is 5.10 Å². The molecule has 3 nitrogen and oxygen atoms in total. The van der Waals surface area contributed by atoms with E-state index in [1.54, 1.807) is 6.20 Å². The van der Waals surface area contributed by atoms with Crippen LogP contribution < -0.4 is 0 Å². The van der Waals surface area contributed by atoms with Crippen LogP contribution >= 0.6 is 15.9 Å². The van der Waals surface area contributed by atoms with Gasteiger partial charge in [0, 0.05) is 16.6 Å². The minimum absolute atomic E-state index is 0.830. The van der Waals surface area contributed by atoms with E-state index in [4.69, 9.17) is 0 Å². The van der Waals surface area contributed by atoms with Crippen molar-refractivity contribution in [3.05, 3.63) is 57.8 Å². The lowest BCUT2D eigenvalue weighted by Crippen LogP contribution is -1.97. The second-order valence-corrected chi connectivity index (χ2v) is 5.08. The number of hydrogen-bond donors (Lipinski definition) is 1. The second-order valence-electron chi connectivity index (χ2n) is 4.28. The standard InChI is InChI=1S/C14H12BrN3/c1-9-11(7-10-5-3-2-4-6-10)13(15)12-8-16-18-14(12)17-9/h2-6,8H,7H2,1H3,(H,16,17,18). The van der Waals surface area contributed by atoms with E-state index in [1.165, 1.54) is 11.1 Å². The van der Waals surface area contributed by atoms with Crippen LogP contribution in [-0.4, -0.2) is 15.2 Å². The summed E-state index contributed by atoms with van der Waals surface area (Å²) in [5.41, 5.74) is 4.36. The summed E-state index contributed by atoms with van der Waals surface area (Å²) >= 11 is 3.67. The van der Waals surface area contributed by atoms with Crippen LogP contribution in [0, 0.1) is 6.92 Å². The van der Waals surface area contributed by atoms with E-state index in [-0.39, 0.29) is 0 Å². The molecule has 2 aromatic heterocycles. The van der Waals surface area contributed by atoms with Gasteiger partial charge in [0.2, 0.25) is 0 Å². The van der Waals surface area contributed by atoms with Gasteiger partial charge in [0.15, 0.2) is 5.65 Å². The highest BCUT2D eigenvalue weighted by atomic mass is 79.9. The lowest BCUT2D eigenvalue weighted by Gasteiger charge is -2.09. The molecule has 0 aliphatic heterocycles. The fraction of sp³-hybridized carbons (Fsp3) is 0.143. The summed E-state index contributed by atoms with van der Waals surface area (Å²) in [5, 5.41) is 7.97. The number of hydrogen-bond acceptors (Lipinski definition) is 2. The summed E-state index contributed by atoms with van der Waals surface area (Å²) in [6.07, 6.45) is 2.68. The van der Waals surface area contributed by atoms with Crippen LogP contribution in [0.25, 0.3) is 11.0 Å². The number of nitrogens with zero attached hydrogens (tertiary/aromatic N) is 2. The minimum atomic E-state index is 0.830. The summed E-state index contributed by atoms with van der Waals surface area (Å²) < 4.78 is 1.09. The Morgan fingerprint density at radius 1 is 1.22 bits per heavy atom. The number of halogens is 1. The van der Waals surface area contributed by atoms with Crippen molar-refractivity contribution in [1.29, 1.82) is 0 Å². The summed E-state index contributed by atoms with van der Waals surface area (Å²) in [6, 6.07) is 10.4. The van der Waals surface area contributed by atoms with Crippen molar-refractivity contribution < 1.29 is 0 Å². The molecule has 1 aromatic carbocycles. The topological polar surface area (TPSA) is 41.6 Å². The van der Waals surface area contributed by atoms with Crippen molar-refractivity contribution in [1.82, 2.24) is 15.2 Å². The summed E-state index contributed by atoms with van der Waals surface area (Å²) in [7, 11) is 0. The first-order valence-electron chi connectivity index (χ1n) is 5.77. The van der Waals surface area contributed by atoms with Crippen LogP contribution in [0.15, 0.2) is 41.0 Å². The van der Waals surface area contributed by atoms with Crippen LogP contribution in [0.3, 0.4) is 0 Å². The van der Waals surface area contributed by atoms with E-state index in [1.807, 2.05) is 13.0 Å². The molecule has 0 spiro atoms. The molecule has 0 aliphatic rings. The van der Waals surface area contributed by atoms with Crippen molar-refractivity contribution in [3.63, 3.8) is 0 Å². The van der Waals surface area contributed by atoms with Crippen LogP contribution in [0.5, 0.6) is 0 Å². The maximum atomic E-state index is 4.54. The molecule has 0 unspecified atom stereocenters. The van der Waals surface area contributed by atoms with Gasteiger partial charge in [-0.3, -0.25) is 5.10 Å². The Morgan fingerprint density at radius 3 is 2.78 bits per heavy atom. The van der Waals surface area contributed by atoms with Crippen molar-refractivity contribution in [3.8, 4) is 0 Å². The number of aryl methyl sites for hydroxylation is 1. The molecule has 18 heavy (non-hydrogen) atoms. The highest BCUT2D eigenvalue weighted by molar-refractivity contribution is 9.10. The third-order valence-electron chi connectivity index (χ3n) is 3.06. The molecule has 0 fully saturated rings. The van der Waals surface area contributed by atoms with Gasteiger partial charge in [0.1, 0.15) is 0 Å². The first-order chi connectivity index (χ1) is 8.75. The number of benzene rings is 1. The molecule has 90 valence electrons. The maximum Gasteiger partial charge on any atom is 0.156 e. The summed E-state index contributed by atoms with van der Waals surface area (Å²) in [6.45, 7) is 2.03. The van der Waals surface area contributed by atoms with E-state index < -0.39 is 0 Å². The van der Waals surface area contributed by atoms with Gasteiger partial charge in [-0.15, -0.1) is 0 Å². The molecule has 0 saturated carbocycles. The highest BCUT2D eigenvalue weighted by Gasteiger charge is 2.12. The molecule has 0 saturated heterocycles. The molecule has 0 atom stereocenters. The molecule has 2 heterocycles. The first-order valence-corrected chi connectivity index (χ1v) is 6.57. The fourth-order valence-electron chi connectivity index (χ4n) is 2.09. The maximum absolute atomic E-state index is 4.54. The molecule has 0 aliphatic carbocycles. The second kappa shape index (κ2) is 4.53. The predicted molar refractivity (Wildman–Crippen MR) is 75.6 cm³/mol. The van der Waals surface area contributed by atoms with Gasteiger partial charge in [-0.05, 0) is 34.0 Å². The summed E-state index contributed by atoms with van der Waals surface area (Å²) in [5.74, 6) is 0. The number of pyridine rings is 1. The Balaban J connectivity index is 2.11. The minimum Gasteiger partial charge on any atom is -0.261 e. The molecule has 4 heteroatoms. The lowest BCUT2D eigenvalue weighted by molar-refractivity contribution is 1.06. The van der Waals surface area contributed by atoms with Crippen molar-refractivity contribution in [2.24, 2.45) is 0 Å². The number of aromatic amines is 1. The molecule has 0 radical (unpaired) electrons. The van der Waals surface area contributed by atoms with Gasteiger partial charge >= 0.3 is 0 Å². The molecule has 0 amide bonds. The zero-order valence-corrected chi connectivity index (χ0v) is 11.5. The van der Waals surface area contributed by atoms with Gasteiger partial charge in [-0.25, -0.2) is 4.98 Å². The van der Waals surface area contributed by atoms with Crippen LogP contribution in [0.2, 0.25) is 0 Å². The van der Waals surface area contributed by atoms with Crippen LogP contribution in [0.1, 0.15) is 16.8 Å². The number of nitrogens with one attached hydrogen (secondary N) is 1. The van der Waals surface area contributed by atoms with Crippen molar-refractivity contribution >= 4 is 27.0 Å². The number of H-pyrrole nitrogens is 1. The third kappa shape index (κ3) is 1.93. The normalized spacial score (nSPS) is 11.0. The zero-order chi connectivity index (χ0) is 12.5. The van der Waals surface area contributed by atoms with Gasteiger partial charge < -0.3 is 0 Å². The average Bonchev–Trinajstić information content (AvgIpc) is 2.84. The number of rotatable bonds is 2. The monoisotopic (exact) mass is 301 g/mol. The van der Waals surface area contributed by atoms with E-state index in [9.17, 15) is 0 Å². The molecular weight excluding hydrogens is 290 g/mol. The van der Waals surface area contributed by atoms with E-state index in [2.05, 4.69) is 55.4 Å². The lowest BCUT2D eigenvalue weighted by atomic mass is 10.0. The smallest absolute Gasteiger partial charge is 0.156 e. The van der Waals surface area contributed by atoms with Gasteiger partial charge in [-0.1, -0.05) is 30.3 Å². The Hall–Kier alpha value is -1.68. The third-order valence-corrected chi connectivity index (χ3v) is 3.97. The quantitative estimate of drug-likeness (QED) is 0.785. The molecule has 0 bridgehead atoms. The molecule has 3 rings (SSSR count). The van der Waals surface area contributed by atoms with E-state index >= 15 is 0 Å². The van der Waals surface area contributed by atoms with Gasteiger partial charge in [0.05, 0.1) is 11.6 Å². The Kier molecular flexibility index (Phi) is 2.88. The summed E-state index contributed by atoms with van der Waals surface area (Å²) in [4.78, 5) is 4.54. The Labute approximate surface area is 113 Å². The SMILES string of the molecule is Cc1nc2[nH]ncc2c(Br)c1Cc1ccccc1. The first kappa shape index (κ1) is 11.4. The van der Waals surface area contributed by atoms with Crippen LogP contribution in [0.4, 0.5) is 0 Å².